The maximum absolute atomic E-state index is 11.2. The van der Waals surface area contributed by atoms with Gasteiger partial charge in [-0.05, 0) is 24.3 Å². The van der Waals surface area contributed by atoms with Gasteiger partial charge in [0.25, 0.3) is 0 Å². The number of carbonyl (C=O) groups is 1. The van der Waals surface area contributed by atoms with Crippen molar-refractivity contribution in [1.29, 1.82) is 0 Å². The first kappa shape index (κ1) is 12.9. The van der Waals surface area contributed by atoms with Gasteiger partial charge in [0.05, 0.1) is 26.8 Å². The highest BCUT2D eigenvalue weighted by atomic mass is 35.5. The van der Waals surface area contributed by atoms with Crippen LogP contribution in [0.4, 0.5) is 0 Å². The van der Waals surface area contributed by atoms with Crippen molar-refractivity contribution in [2.24, 2.45) is 0 Å². The number of fused-ring (bicyclic) bond motifs is 1. The molecular weight excluding hydrogens is 301 g/mol. The van der Waals surface area contributed by atoms with E-state index in [1.165, 1.54) is 10.7 Å². The highest BCUT2D eigenvalue weighted by Crippen LogP contribution is 2.30. The summed E-state index contributed by atoms with van der Waals surface area (Å²) in [6, 6.07) is 9.95. The Morgan fingerprint density at radius 2 is 1.90 bits per heavy atom. The molecule has 3 aromatic rings. The van der Waals surface area contributed by atoms with Crippen molar-refractivity contribution in [3.8, 4) is 5.69 Å². The summed E-state index contributed by atoms with van der Waals surface area (Å²) >= 11 is 12.1. The Morgan fingerprint density at radius 3 is 2.65 bits per heavy atom. The fourth-order valence-electron chi connectivity index (χ4n) is 1.95. The standard InChI is InChI=1S/C13H7Cl2N3O2/c14-8-4-2-5-9(11(8)15)18-10-6-1-3-7(13(19)20)12(10)16-17-18/h1-6H,(H,19,20). The van der Waals surface area contributed by atoms with Crippen LogP contribution in [0.2, 0.25) is 10.0 Å². The molecule has 0 aliphatic carbocycles. The molecule has 0 unspecified atom stereocenters. The van der Waals surface area contributed by atoms with Gasteiger partial charge in [0.2, 0.25) is 0 Å². The molecule has 0 spiro atoms. The molecule has 1 N–H and O–H groups in total. The van der Waals surface area contributed by atoms with E-state index in [4.69, 9.17) is 28.3 Å². The van der Waals surface area contributed by atoms with E-state index in [-0.39, 0.29) is 5.56 Å². The van der Waals surface area contributed by atoms with E-state index in [0.717, 1.165) is 0 Å². The molecule has 0 saturated heterocycles. The third kappa shape index (κ3) is 1.92. The molecule has 0 fully saturated rings. The van der Waals surface area contributed by atoms with E-state index in [1.54, 1.807) is 30.3 Å². The van der Waals surface area contributed by atoms with Gasteiger partial charge in [-0.15, -0.1) is 5.10 Å². The lowest BCUT2D eigenvalue weighted by atomic mass is 10.2. The Morgan fingerprint density at radius 1 is 1.15 bits per heavy atom. The van der Waals surface area contributed by atoms with Gasteiger partial charge in [0.1, 0.15) is 5.52 Å². The molecule has 0 atom stereocenters. The first-order chi connectivity index (χ1) is 9.59. The molecule has 1 aromatic heterocycles. The van der Waals surface area contributed by atoms with Crippen molar-refractivity contribution in [1.82, 2.24) is 15.0 Å². The van der Waals surface area contributed by atoms with Crippen molar-refractivity contribution in [3.63, 3.8) is 0 Å². The lowest BCUT2D eigenvalue weighted by Crippen LogP contribution is -1.99. The Bertz CT molecular complexity index is 830. The number of halogens is 2. The summed E-state index contributed by atoms with van der Waals surface area (Å²) in [5.74, 6) is -1.06. The van der Waals surface area contributed by atoms with Crippen LogP contribution in [0.25, 0.3) is 16.7 Å². The summed E-state index contributed by atoms with van der Waals surface area (Å²) in [5, 5.41) is 17.8. The average Bonchev–Trinajstić information content (AvgIpc) is 2.85. The SMILES string of the molecule is O=C(O)c1cccc2c1nnn2-c1cccc(Cl)c1Cl. The van der Waals surface area contributed by atoms with Crippen molar-refractivity contribution < 1.29 is 9.90 Å². The Labute approximate surface area is 123 Å². The lowest BCUT2D eigenvalue weighted by molar-refractivity contribution is 0.0699. The fourth-order valence-corrected chi connectivity index (χ4v) is 2.33. The second kappa shape index (κ2) is 4.77. The minimum absolute atomic E-state index is 0.0897. The summed E-state index contributed by atoms with van der Waals surface area (Å²) < 4.78 is 1.47. The molecule has 0 saturated carbocycles. The van der Waals surface area contributed by atoms with Crippen LogP contribution in [0.1, 0.15) is 10.4 Å². The zero-order valence-electron chi connectivity index (χ0n) is 9.92. The second-order valence-corrected chi connectivity index (χ2v) is 4.84. The number of benzene rings is 2. The third-order valence-electron chi connectivity index (χ3n) is 2.87. The topological polar surface area (TPSA) is 68.0 Å². The van der Waals surface area contributed by atoms with E-state index in [1.807, 2.05) is 0 Å². The van der Waals surface area contributed by atoms with E-state index >= 15 is 0 Å². The maximum Gasteiger partial charge on any atom is 0.338 e. The largest absolute Gasteiger partial charge is 0.478 e. The number of aromatic carboxylic acids is 1. The molecule has 5 nitrogen and oxygen atoms in total. The van der Waals surface area contributed by atoms with Gasteiger partial charge in [0, 0.05) is 0 Å². The van der Waals surface area contributed by atoms with Crippen LogP contribution in [0, 0.1) is 0 Å². The van der Waals surface area contributed by atoms with Crippen LogP contribution in [-0.2, 0) is 0 Å². The second-order valence-electron chi connectivity index (χ2n) is 4.05. The van der Waals surface area contributed by atoms with Crippen LogP contribution in [-0.4, -0.2) is 26.1 Å². The molecule has 0 radical (unpaired) electrons. The van der Waals surface area contributed by atoms with Crippen molar-refractivity contribution in [2.45, 2.75) is 0 Å². The maximum atomic E-state index is 11.2. The van der Waals surface area contributed by atoms with Crippen LogP contribution in [0.3, 0.4) is 0 Å². The quantitative estimate of drug-likeness (QED) is 0.787. The number of aromatic nitrogens is 3. The highest BCUT2D eigenvalue weighted by molar-refractivity contribution is 6.43. The van der Waals surface area contributed by atoms with Gasteiger partial charge in [0.15, 0.2) is 0 Å². The Balaban J connectivity index is 2.31. The van der Waals surface area contributed by atoms with Crippen LogP contribution in [0.15, 0.2) is 36.4 Å². The minimum atomic E-state index is -1.06. The monoisotopic (exact) mass is 307 g/mol. The first-order valence-electron chi connectivity index (χ1n) is 5.61. The number of nitrogens with zero attached hydrogens (tertiary/aromatic N) is 3. The van der Waals surface area contributed by atoms with Gasteiger partial charge in [-0.2, -0.15) is 0 Å². The summed E-state index contributed by atoms with van der Waals surface area (Å²) in [6.45, 7) is 0. The molecule has 2 aromatic carbocycles. The first-order valence-corrected chi connectivity index (χ1v) is 6.37. The van der Waals surface area contributed by atoms with Crippen LogP contribution >= 0.6 is 23.2 Å². The summed E-state index contributed by atoms with van der Waals surface area (Å²) in [4.78, 5) is 11.2. The van der Waals surface area contributed by atoms with Gasteiger partial charge in [-0.1, -0.05) is 40.5 Å². The minimum Gasteiger partial charge on any atom is -0.478 e. The molecular formula is C13H7Cl2N3O2. The highest BCUT2D eigenvalue weighted by Gasteiger charge is 2.16. The van der Waals surface area contributed by atoms with Gasteiger partial charge in [-0.3, -0.25) is 0 Å². The zero-order valence-corrected chi connectivity index (χ0v) is 11.4. The number of hydrogen-bond donors (Lipinski definition) is 1. The number of carboxylic acid groups (broad SMARTS) is 1. The lowest BCUT2D eigenvalue weighted by Gasteiger charge is -2.06. The van der Waals surface area contributed by atoms with E-state index in [2.05, 4.69) is 10.3 Å². The van der Waals surface area contributed by atoms with Crippen molar-refractivity contribution >= 4 is 40.2 Å². The van der Waals surface area contributed by atoms with Crippen molar-refractivity contribution in [2.75, 3.05) is 0 Å². The molecule has 0 amide bonds. The summed E-state index contributed by atoms with van der Waals surface area (Å²) in [6.07, 6.45) is 0. The van der Waals surface area contributed by atoms with Gasteiger partial charge in [-0.25, -0.2) is 9.48 Å². The molecule has 0 aliphatic heterocycles. The smallest absolute Gasteiger partial charge is 0.338 e. The van der Waals surface area contributed by atoms with Gasteiger partial charge >= 0.3 is 5.97 Å². The molecule has 20 heavy (non-hydrogen) atoms. The normalized spacial score (nSPS) is 10.9. The van der Waals surface area contributed by atoms with E-state index in [9.17, 15) is 4.79 Å². The zero-order chi connectivity index (χ0) is 14.3. The Hall–Kier alpha value is -2.11. The summed E-state index contributed by atoms with van der Waals surface area (Å²) in [7, 11) is 0. The molecule has 3 rings (SSSR count). The average molecular weight is 308 g/mol. The fraction of sp³-hybridized carbons (Fsp3) is 0. The number of carboxylic acids is 1. The molecule has 7 heteroatoms. The molecule has 0 aliphatic rings. The molecule has 1 heterocycles. The molecule has 100 valence electrons. The summed E-state index contributed by atoms with van der Waals surface area (Å²) in [5.41, 5.74) is 1.49. The third-order valence-corrected chi connectivity index (χ3v) is 3.68. The Kier molecular flexibility index (Phi) is 3.08. The van der Waals surface area contributed by atoms with E-state index < -0.39 is 5.97 Å². The number of rotatable bonds is 2. The van der Waals surface area contributed by atoms with Crippen LogP contribution < -0.4 is 0 Å². The predicted molar refractivity (Wildman–Crippen MR) is 75.8 cm³/mol. The van der Waals surface area contributed by atoms with Gasteiger partial charge < -0.3 is 5.11 Å². The van der Waals surface area contributed by atoms with Crippen LogP contribution in [0.5, 0.6) is 0 Å². The van der Waals surface area contributed by atoms with E-state index in [0.29, 0.717) is 26.8 Å². The van der Waals surface area contributed by atoms with Crippen molar-refractivity contribution in [3.05, 3.63) is 52.0 Å². The molecule has 0 bridgehead atoms. The number of hydrogen-bond acceptors (Lipinski definition) is 3. The predicted octanol–water partition coefficient (Wildman–Crippen LogP) is 3.43.